The minimum Gasteiger partial charge on any atom is -0.493 e. The Kier molecular flexibility index (Phi) is 4.55. The van der Waals surface area contributed by atoms with Gasteiger partial charge < -0.3 is 20.2 Å². The van der Waals surface area contributed by atoms with E-state index in [0.717, 1.165) is 0 Å². The number of nitrogens with zero attached hydrogens (tertiary/aromatic N) is 3. The van der Waals surface area contributed by atoms with E-state index in [1.165, 1.54) is 18.5 Å². The van der Waals surface area contributed by atoms with Crippen LogP contribution < -0.4 is 15.8 Å². The van der Waals surface area contributed by atoms with Gasteiger partial charge in [0.1, 0.15) is 23.1 Å². The molecular formula is C16H16FN5O2. The number of anilines is 2. The third-order valence-corrected chi connectivity index (χ3v) is 3.25. The second kappa shape index (κ2) is 6.95. The molecule has 0 bridgehead atoms. The second-order valence-electron chi connectivity index (χ2n) is 4.89. The van der Waals surface area contributed by atoms with Crippen LogP contribution in [-0.2, 0) is 6.54 Å². The number of hydrogen-bond donors (Lipinski definition) is 2. The molecule has 124 valence electrons. The fourth-order valence-corrected chi connectivity index (χ4v) is 2.22. The van der Waals surface area contributed by atoms with Gasteiger partial charge in [0.25, 0.3) is 0 Å². The highest BCUT2D eigenvalue weighted by Crippen LogP contribution is 2.34. The SMILES string of the molecule is CCOc1cc(F)ccc1-c1cnc(N)nc1NCc1cnco1. The predicted molar refractivity (Wildman–Crippen MR) is 86.8 cm³/mol. The van der Waals surface area contributed by atoms with Crippen LogP contribution in [0.5, 0.6) is 5.75 Å². The van der Waals surface area contributed by atoms with Gasteiger partial charge in [0.2, 0.25) is 5.95 Å². The molecule has 8 heteroatoms. The molecule has 2 aromatic heterocycles. The molecule has 3 rings (SSSR count). The van der Waals surface area contributed by atoms with E-state index in [4.69, 9.17) is 14.9 Å². The molecule has 24 heavy (non-hydrogen) atoms. The zero-order valence-electron chi connectivity index (χ0n) is 13.0. The second-order valence-corrected chi connectivity index (χ2v) is 4.89. The number of nitrogen functional groups attached to an aromatic ring is 1. The summed E-state index contributed by atoms with van der Waals surface area (Å²) in [6.45, 7) is 2.61. The number of aromatic nitrogens is 3. The number of nitrogens with one attached hydrogen (secondary N) is 1. The van der Waals surface area contributed by atoms with Crippen LogP contribution in [0.1, 0.15) is 12.7 Å². The standard InChI is InChI=1S/C16H16FN5O2/c1-2-23-14-5-10(17)3-4-12(14)13-8-21-16(18)22-15(13)20-7-11-6-19-9-24-11/h3-6,8-9H,2,7H2,1H3,(H3,18,20,21,22). The molecule has 0 atom stereocenters. The maximum Gasteiger partial charge on any atom is 0.221 e. The van der Waals surface area contributed by atoms with Crippen LogP contribution in [0.15, 0.2) is 41.4 Å². The van der Waals surface area contributed by atoms with Crippen LogP contribution in [0.2, 0.25) is 0 Å². The lowest BCUT2D eigenvalue weighted by Crippen LogP contribution is -2.06. The Hall–Kier alpha value is -3.16. The van der Waals surface area contributed by atoms with E-state index >= 15 is 0 Å². The largest absolute Gasteiger partial charge is 0.493 e. The first kappa shape index (κ1) is 15.7. The normalized spacial score (nSPS) is 10.6. The molecule has 0 amide bonds. The fraction of sp³-hybridized carbons (Fsp3) is 0.188. The molecule has 1 aromatic carbocycles. The Morgan fingerprint density at radius 2 is 2.17 bits per heavy atom. The zero-order valence-corrected chi connectivity index (χ0v) is 13.0. The monoisotopic (exact) mass is 329 g/mol. The summed E-state index contributed by atoms with van der Waals surface area (Å²) < 4.78 is 24.2. The molecule has 0 fully saturated rings. The Bertz CT molecular complexity index is 823. The van der Waals surface area contributed by atoms with Crippen molar-refractivity contribution < 1.29 is 13.5 Å². The van der Waals surface area contributed by atoms with Gasteiger partial charge in [0.05, 0.1) is 19.3 Å². The van der Waals surface area contributed by atoms with Gasteiger partial charge in [-0.15, -0.1) is 0 Å². The molecular weight excluding hydrogens is 313 g/mol. The van der Waals surface area contributed by atoms with Crippen molar-refractivity contribution >= 4 is 11.8 Å². The fourth-order valence-electron chi connectivity index (χ4n) is 2.22. The van der Waals surface area contributed by atoms with Gasteiger partial charge in [-0.1, -0.05) is 0 Å². The Balaban J connectivity index is 1.98. The highest BCUT2D eigenvalue weighted by atomic mass is 19.1. The summed E-state index contributed by atoms with van der Waals surface area (Å²) in [5, 5.41) is 3.12. The minimum atomic E-state index is -0.380. The lowest BCUT2D eigenvalue weighted by atomic mass is 10.1. The molecule has 3 aromatic rings. The van der Waals surface area contributed by atoms with Gasteiger partial charge >= 0.3 is 0 Å². The predicted octanol–water partition coefficient (Wildman–Crippen LogP) is 2.86. The summed E-state index contributed by atoms with van der Waals surface area (Å²) in [7, 11) is 0. The van der Waals surface area contributed by atoms with E-state index in [0.29, 0.717) is 41.6 Å². The molecule has 0 saturated heterocycles. The first-order chi connectivity index (χ1) is 11.7. The zero-order chi connectivity index (χ0) is 16.9. The number of benzene rings is 1. The van der Waals surface area contributed by atoms with Crippen LogP contribution >= 0.6 is 0 Å². The number of oxazole rings is 1. The lowest BCUT2D eigenvalue weighted by molar-refractivity contribution is 0.339. The van der Waals surface area contributed by atoms with Gasteiger partial charge in [-0.25, -0.2) is 14.4 Å². The van der Waals surface area contributed by atoms with Crippen LogP contribution in [0, 0.1) is 5.82 Å². The molecule has 0 spiro atoms. The minimum absolute atomic E-state index is 0.124. The molecule has 0 aliphatic heterocycles. The highest BCUT2D eigenvalue weighted by molar-refractivity contribution is 5.79. The van der Waals surface area contributed by atoms with Gasteiger partial charge in [0, 0.05) is 23.4 Å². The van der Waals surface area contributed by atoms with Crippen molar-refractivity contribution in [2.24, 2.45) is 0 Å². The first-order valence-corrected chi connectivity index (χ1v) is 7.34. The molecule has 7 nitrogen and oxygen atoms in total. The third-order valence-electron chi connectivity index (χ3n) is 3.25. The maximum absolute atomic E-state index is 13.5. The third kappa shape index (κ3) is 3.43. The van der Waals surface area contributed by atoms with Crippen LogP contribution in [0.4, 0.5) is 16.2 Å². The smallest absolute Gasteiger partial charge is 0.221 e. The number of hydrogen-bond acceptors (Lipinski definition) is 7. The van der Waals surface area contributed by atoms with Crippen molar-refractivity contribution in [1.82, 2.24) is 15.0 Å². The quantitative estimate of drug-likeness (QED) is 0.717. The summed E-state index contributed by atoms with van der Waals surface area (Å²) in [6, 6.07) is 4.30. The lowest BCUT2D eigenvalue weighted by Gasteiger charge is -2.14. The molecule has 0 aliphatic carbocycles. The molecule has 3 N–H and O–H groups in total. The van der Waals surface area contributed by atoms with E-state index in [-0.39, 0.29) is 11.8 Å². The van der Waals surface area contributed by atoms with Crippen molar-refractivity contribution in [2.75, 3.05) is 17.7 Å². The number of ether oxygens (including phenoxy) is 1. The Morgan fingerprint density at radius 3 is 2.92 bits per heavy atom. The van der Waals surface area contributed by atoms with Gasteiger partial charge in [-0.05, 0) is 19.1 Å². The summed E-state index contributed by atoms with van der Waals surface area (Å²) in [4.78, 5) is 12.1. The topological polar surface area (TPSA) is 99.1 Å². The summed E-state index contributed by atoms with van der Waals surface area (Å²) >= 11 is 0. The van der Waals surface area contributed by atoms with Gasteiger partial charge in [-0.3, -0.25) is 0 Å². The average Bonchev–Trinajstić information content (AvgIpc) is 3.08. The van der Waals surface area contributed by atoms with E-state index in [1.807, 2.05) is 6.92 Å². The van der Waals surface area contributed by atoms with E-state index in [9.17, 15) is 4.39 Å². The summed E-state index contributed by atoms with van der Waals surface area (Å²) in [5.41, 5.74) is 7.00. The molecule has 2 heterocycles. The Labute approximate surface area is 137 Å². The maximum atomic E-state index is 13.5. The van der Waals surface area contributed by atoms with Crippen molar-refractivity contribution in [1.29, 1.82) is 0 Å². The molecule has 0 aliphatic rings. The average molecular weight is 329 g/mol. The number of halogens is 1. The molecule has 0 saturated carbocycles. The first-order valence-electron chi connectivity index (χ1n) is 7.34. The van der Waals surface area contributed by atoms with E-state index in [2.05, 4.69) is 20.3 Å². The number of nitrogens with two attached hydrogens (primary N) is 1. The van der Waals surface area contributed by atoms with Crippen molar-refractivity contribution in [3.05, 3.63) is 48.6 Å². The highest BCUT2D eigenvalue weighted by Gasteiger charge is 2.14. The molecule has 0 unspecified atom stereocenters. The van der Waals surface area contributed by atoms with Crippen LogP contribution in [-0.4, -0.2) is 21.6 Å². The van der Waals surface area contributed by atoms with Crippen molar-refractivity contribution in [3.63, 3.8) is 0 Å². The Morgan fingerprint density at radius 1 is 1.29 bits per heavy atom. The van der Waals surface area contributed by atoms with Gasteiger partial charge in [0.15, 0.2) is 6.39 Å². The van der Waals surface area contributed by atoms with Gasteiger partial charge in [-0.2, -0.15) is 4.98 Å². The van der Waals surface area contributed by atoms with E-state index < -0.39 is 0 Å². The van der Waals surface area contributed by atoms with Crippen molar-refractivity contribution in [2.45, 2.75) is 13.5 Å². The number of rotatable bonds is 6. The summed E-state index contributed by atoms with van der Waals surface area (Å²) in [6.07, 6.45) is 4.51. The van der Waals surface area contributed by atoms with E-state index in [1.54, 1.807) is 18.5 Å². The van der Waals surface area contributed by atoms with Crippen LogP contribution in [0.25, 0.3) is 11.1 Å². The van der Waals surface area contributed by atoms with Crippen molar-refractivity contribution in [3.8, 4) is 16.9 Å². The summed E-state index contributed by atoms with van der Waals surface area (Å²) in [5.74, 6) is 1.29. The molecule has 0 radical (unpaired) electrons. The van der Waals surface area contributed by atoms with Crippen LogP contribution in [0.3, 0.4) is 0 Å².